The number of anilines is 1. The highest BCUT2D eigenvalue weighted by molar-refractivity contribution is 5.94. The largest absolute Gasteiger partial charge is 0.352 e. The van der Waals surface area contributed by atoms with Gasteiger partial charge in [-0.3, -0.25) is 9.59 Å². The SMILES string of the molecule is O=C(NCc1ccc(N2CCc3ccccc3C2)nc1)C1CCN(C(=O)c2ccc(F)cc2F)CC1. The van der Waals surface area contributed by atoms with E-state index in [-0.39, 0.29) is 17.4 Å². The molecule has 0 radical (unpaired) electrons. The second-order valence-corrected chi connectivity index (χ2v) is 9.37. The fourth-order valence-corrected chi connectivity index (χ4v) is 4.91. The Balaban J connectivity index is 1.10. The molecule has 2 aromatic carbocycles. The molecule has 1 aromatic heterocycles. The van der Waals surface area contributed by atoms with Crippen LogP contribution in [0.3, 0.4) is 0 Å². The number of carbonyl (C=O) groups excluding carboxylic acids is 2. The zero-order valence-electron chi connectivity index (χ0n) is 19.9. The Kier molecular flexibility index (Phi) is 6.93. The number of piperidine rings is 1. The van der Waals surface area contributed by atoms with Crippen molar-refractivity contribution < 1.29 is 18.4 Å². The lowest BCUT2D eigenvalue weighted by molar-refractivity contribution is -0.126. The number of amides is 2. The topological polar surface area (TPSA) is 65.5 Å². The van der Waals surface area contributed by atoms with Gasteiger partial charge in [0.2, 0.25) is 5.91 Å². The summed E-state index contributed by atoms with van der Waals surface area (Å²) in [5.41, 5.74) is 3.50. The maximum absolute atomic E-state index is 14.0. The van der Waals surface area contributed by atoms with E-state index in [4.69, 9.17) is 0 Å². The van der Waals surface area contributed by atoms with Gasteiger partial charge < -0.3 is 15.1 Å². The molecule has 6 nitrogen and oxygen atoms in total. The molecule has 3 heterocycles. The van der Waals surface area contributed by atoms with Gasteiger partial charge in [0, 0.05) is 50.9 Å². The second-order valence-electron chi connectivity index (χ2n) is 9.37. The fourth-order valence-electron chi connectivity index (χ4n) is 4.91. The van der Waals surface area contributed by atoms with Crippen molar-refractivity contribution in [3.8, 4) is 0 Å². The van der Waals surface area contributed by atoms with E-state index in [0.29, 0.717) is 38.5 Å². The molecule has 1 saturated heterocycles. The van der Waals surface area contributed by atoms with Gasteiger partial charge >= 0.3 is 0 Å². The summed E-state index contributed by atoms with van der Waals surface area (Å²) >= 11 is 0. The highest BCUT2D eigenvalue weighted by Crippen LogP contribution is 2.24. The molecule has 0 aliphatic carbocycles. The maximum atomic E-state index is 14.0. The number of hydrogen-bond donors (Lipinski definition) is 1. The van der Waals surface area contributed by atoms with E-state index >= 15 is 0 Å². The quantitative estimate of drug-likeness (QED) is 0.585. The number of rotatable bonds is 5. The lowest BCUT2D eigenvalue weighted by Crippen LogP contribution is -2.43. The smallest absolute Gasteiger partial charge is 0.256 e. The third-order valence-electron chi connectivity index (χ3n) is 7.05. The van der Waals surface area contributed by atoms with Crippen LogP contribution in [0.4, 0.5) is 14.6 Å². The number of benzene rings is 2. The molecule has 1 N–H and O–H groups in total. The van der Waals surface area contributed by atoms with E-state index in [1.807, 2.05) is 12.1 Å². The van der Waals surface area contributed by atoms with Crippen molar-refractivity contribution in [3.63, 3.8) is 0 Å². The minimum Gasteiger partial charge on any atom is -0.352 e. The molecule has 2 amide bonds. The van der Waals surface area contributed by atoms with Crippen molar-refractivity contribution in [1.82, 2.24) is 15.2 Å². The summed E-state index contributed by atoms with van der Waals surface area (Å²) in [4.78, 5) is 33.7. The van der Waals surface area contributed by atoms with Crippen LogP contribution in [0.25, 0.3) is 0 Å². The minimum absolute atomic E-state index is 0.0632. The van der Waals surface area contributed by atoms with Crippen LogP contribution >= 0.6 is 0 Å². The van der Waals surface area contributed by atoms with Crippen LogP contribution in [0.2, 0.25) is 0 Å². The molecule has 3 aromatic rings. The number of fused-ring (bicyclic) bond motifs is 1. The van der Waals surface area contributed by atoms with Crippen molar-refractivity contribution >= 4 is 17.6 Å². The molecule has 0 atom stereocenters. The molecule has 0 spiro atoms. The Morgan fingerprint density at radius 3 is 2.47 bits per heavy atom. The van der Waals surface area contributed by atoms with Crippen LogP contribution in [-0.4, -0.2) is 41.3 Å². The van der Waals surface area contributed by atoms with Gasteiger partial charge in [-0.15, -0.1) is 0 Å². The molecule has 186 valence electrons. The number of nitrogens with one attached hydrogen (secondary N) is 1. The highest BCUT2D eigenvalue weighted by Gasteiger charge is 2.29. The zero-order valence-corrected chi connectivity index (χ0v) is 19.9. The summed E-state index contributed by atoms with van der Waals surface area (Å²) < 4.78 is 27.1. The molecule has 2 aliphatic rings. The predicted octanol–water partition coefficient (Wildman–Crippen LogP) is 4.09. The molecule has 8 heteroatoms. The zero-order chi connectivity index (χ0) is 25.1. The maximum Gasteiger partial charge on any atom is 0.256 e. The van der Waals surface area contributed by atoms with Gasteiger partial charge in [0.05, 0.1) is 5.56 Å². The first-order valence-corrected chi connectivity index (χ1v) is 12.3. The standard InChI is InChI=1S/C28H28F2N4O2/c29-23-6-7-24(25(30)15-23)28(36)33-12-10-21(11-13-33)27(35)32-17-19-5-8-26(31-16-19)34-14-9-20-3-1-2-4-22(20)18-34/h1-8,15-16,21H,9-14,17-18H2,(H,32,35). The summed E-state index contributed by atoms with van der Waals surface area (Å²) in [7, 11) is 0. The van der Waals surface area contributed by atoms with E-state index < -0.39 is 17.5 Å². The van der Waals surface area contributed by atoms with Gasteiger partial charge in [-0.25, -0.2) is 13.8 Å². The monoisotopic (exact) mass is 490 g/mol. The molecule has 0 unspecified atom stereocenters. The number of likely N-dealkylation sites (tertiary alicyclic amines) is 1. The Morgan fingerprint density at radius 2 is 1.75 bits per heavy atom. The van der Waals surface area contributed by atoms with Gasteiger partial charge in [0.15, 0.2) is 0 Å². The van der Waals surface area contributed by atoms with Crippen LogP contribution in [0.15, 0.2) is 60.8 Å². The summed E-state index contributed by atoms with van der Waals surface area (Å²) in [5.74, 6) is -1.42. The summed E-state index contributed by atoms with van der Waals surface area (Å²) in [6.07, 6.45) is 3.79. The first kappa shape index (κ1) is 23.9. The van der Waals surface area contributed by atoms with Crippen LogP contribution < -0.4 is 10.2 Å². The average Bonchev–Trinajstić information content (AvgIpc) is 2.91. The molecule has 1 fully saturated rings. The van der Waals surface area contributed by atoms with Gasteiger partial charge in [0.25, 0.3) is 5.91 Å². The molecular formula is C28H28F2N4O2. The van der Waals surface area contributed by atoms with E-state index in [9.17, 15) is 18.4 Å². The Morgan fingerprint density at radius 1 is 0.972 bits per heavy atom. The Bertz CT molecular complexity index is 1260. The van der Waals surface area contributed by atoms with E-state index in [0.717, 1.165) is 43.0 Å². The van der Waals surface area contributed by atoms with E-state index in [1.165, 1.54) is 16.0 Å². The summed E-state index contributed by atoms with van der Waals surface area (Å²) in [6, 6.07) is 15.4. The lowest BCUT2D eigenvalue weighted by Gasteiger charge is -2.31. The summed E-state index contributed by atoms with van der Waals surface area (Å²) in [6.45, 7) is 2.85. The second kappa shape index (κ2) is 10.4. The van der Waals surface area contributed by atoms with Gasteiger partial charge in [-0.1, -0.05) is 30.3 Å². The number of nitrogens with zero attached hydrogens (tertiary/aromatic N) is 3. The molecule has 36 heavy (non-hydrogen) atoms. The van der Waals surface area contributed by atoms with Gasteiger partial charge in [0.1, 0.15) is 17.5 Å². The van der Waals surface area contributed by atoms with Crippen LogP contribution in [0.1, 0.15) is 39.9 Å². The predicted molar refractivity (Wildman–Crippen MR) is 132 cm³/mol. The molecule has 5 rings (SSSR count). The molecule has 0 bridgehead atoms. The number of pyridine rings is 1. The van der Waals surface area contributed by atoms with Crippen molar-refractivity contribution in [2.24, 2.45) is 5.92 Å². The van der Waals surface area contributed by atoms with Crippen LogP contribution in [0, 0.1) is 17.6 Å². The van der Waals surface area contributed by atoms with E-state index in [2.05, 4.69) is 39.5 Å². The third kappa shape index (κ3) is 5.22. The lowest BCUT2D eigenvalue weighted by atomic mass is 9.95. The third-order valence-corrected chi connectivity index (χ3v) is 7.05. The highest BCUT2D eigenvalue weighted by atomic mass is 19.1. The number of aromatic nitrogens is 1. The van der Waals surface area contributed by atoms with Crippen LogP contribution in [0.5, 0.6) is 0 Å². The van der Waals surface area contributed by atoms with Crippen LogP contribution in [-0.2, 0) is 24.3 Å². The van der Waals surface area contributed by atoms with Crippen molar-refractivity contribution in [2.45, 2.75) is 32.4 Å². The first-order chi connectivity index (χ1) is 17.5. The number of carbonyl (C=O) groups is 2. The Labute approximate surface area is 208 Å². The first-order valence-electron chi connectivity index (χ1n) is 12.3. The van der Waals surface area contributed by atoms with Crippen molar-refractivity contribution in [3.05, 3.63) is 94.7 Å². The fraction of sp³-hybridized carbons (Fsp3) is 0.321. The Hall–Kier alpha value is -3.81. The van der Waals surface area contributed by atoms with E-state index in [1.54, 1.807) is 6.20 Å². The summed E-state index contributed by atoms with van der Waals surface area (Å²) in [5, 5.41) is 2.97. The minimum atomic E-state index is -0.871. The van der Waals surface area contributed by atoms with Crippen molar-refractivity contribution in [1.29, 1.82) is 0 Å². The molecular weight excluding hydrogens is 462 g/mol. The van der Waals surface area contributed by atoms with Gasteiger partial charge in [-0.2, -0.15) is 0 Å². The average molecular weight is 491 g/mol. The molecule has 0 saturated carbocycles. The van der Waals surface area contributed by atoms with Gasteiger partial charge in [-0.05, 0) is 54.2 Å². The normalized spacial score (nSPS) is 15.9. The molecule has 2 aliphatic heterocycles. The van der Waals surface area contributed by atoms with Crippen molar-refractivity contribution in [2.75, 3.05) is 24.5 Å². The number of hydrogen-bond acceptors (Lipinski definition) is 4. The number of halogens is 2.